The van der Waals surface area contributed by atoms with Gasteiger partial charge < -0.3 is 20.0 Å². The molecular weight excluding hydrogens is 498 g/mol. The number of nitrogens with one attached hydrogen (secondary N) is 1. The Kier molecular flexibility index (Phi) is 9.74. The first kappa shape index (κ1) is 25.1. The van der Waals surface area contributed by atoms with E-state index in [1.165, 1.54) is 17.0 Å². The molecule has 1 fully saturated rings. The van der Waals surface area contributed by atoms with Crippen LogP contribution < -0.4 is 10.2 Å². The molecule has 1 aromatic carbocycles. The smallest absolute Gasteiger partial charge is 0.368 e. The maximum Gasteiger partial charge on any atom is 0.416 e. The minimum absolute atomic E-state index is 0. The normalized spacial score (nSPS) is 14.9. The van der Waals surface area contributed by atoms with E-state index < -0.39 is 11.7 Å². The summed E-state index contributed by atoms with van der Waals surface area (Å²) in [7, 11) is 3.34. The molecule has 10 heteroatoms. The summed E-state index contributed by atoms with van der Waals surface area (Å²) in [4.78, 5) is 21.6. The molecular formula is C19H27F3IN5O. The van der Waals surface area contributed by atoms with Gasteiger partial charge in [-0.3, -0.25) is 4.79 Å². The first-order valence-electron chi connectivity index (χ1n) is 8.99. The second-order valence-corrected chi connectivity index (χ2v) is 6.62. The number of guanidine groups is 1. The highest BCUT2D eigenvalue weighted by atomic mass is 127. The van der Waals surface area contributed by atoms with Crippen LogP contribution in [0.4, 0.5) is 18.9 Å². The second kappa shape index (κ2) is 11.3. The molecule has 0 radical (unpaired) electrons. The van der Waals surface area contributed by atoms with Crippen LogP contribution in [-0.2, 0) is 11.0 Å². The highest BCUT2D eigenvalue weighted by Crippen LogP contribution is 2.31. The third kappa shape index (κ3) is 7.41. The van der Waals surface area contributed by atoms with Crippen LogP contribution in [0.1, 0.15) is 5.56 Å². The van der Waals surface area contributed by atoms with Gasteiger partial charge in [-0.05, 0) is 18.2 Å². The van der Waals surface area contributed by atoms with Crippen molar-refractivity contribution in [2.75, 3.05) is 58.3 Å². The van der Waals surface area contributed by atoms with Gasteiger partial charge in [0.1, 0.15) is 6.54 Å². The van der Waals surface area contributed by atoms with Crippen LogP contribution in [0.3, 0.4) is 0 Å². The molecule has 2 rings (SSSR count). The van der Waals surface area contributed by atoms with E-state index in [-0.39, 0.29) is 36.4 Å². The Morgan fingerprint density at radius 2 is 1.93 bits per heavy atom. The lowest BCUT2D eigenvalue weighted by atomic mass is 10.1. The molecule has 29 heavy (non-hydrogen) atoms. The number of nitrogens with zero attached hydrogens (tertiary/aromatic N) is 4. The lowest BCUT2D eigenvalue weighted by Crippen LogP contribution is -2.52. The minimum atomic E-state index is -4.36. The molecule has 162 valence electrons. The number of benzene rings is 1. The van der Waals surface area contributed by atoms with E-state index in [4.69, 9.17) is 0 Å². The van der Waals surface area contributed by atoms with Crippen molar-refractivity contribution in [3.05, 3.63) is 42.5 Å². The van der Waals surface area contributed by atoms with Gasteiger partial charge in [0.25, 0.3) is 0 Å². The van der Waals surface area contributed by atoms with Gasteiger partial charge in [-0.2, -0.15) is 13.2 Å². The van der Waals surface area contributed by atoms with Gasteiger partial charge in [0, 0.05) is 52.5 Å². The number of carbonyl (C=O) groups excluding carboxylic acids is 1. The predicted octanol–water partition coefficient (Wildman–Crippen LogP) is 2.67. The Bertz CT molecular complexity index is 716. The molecule has 0 aliphatic carbocycles. The second-order valence-electron chi connectivity index (χ2n) is 6.62. The van der Waals surface area contributed by atoms with Crippen LogP contribution in [0.5, 0.6) is 0 Å². The summed E-state index contributed by atoms with van der Waals surface area (Å²) in [5, 5.41) is 3.14. The zero-order valence-electron chi connectivity index (χ0n) is 16.6. The Hall–Kier alpha value is -1.98. The van der Waals surface area contributed by atoms with E-state index in [9.17, 15) is 18.0 Å². The van der Waals surface area contributed by atoms with Crippen LogP contribution in [-0.4, -0.2) is 75.0 Å². The number of hydrogen-bond acceptors (Lipinski definition) is 3. The van der Waals surface area contributed by atoms with Gasteiger partial charge in [0.15, 0.2) is 5.96 Å². The van der Waals surface area contributed by atoms with E-state index in [1.807, 2.05) is 9.80 Å². The molecule has 1 aromatic rings. The third-order valence-electron chi connectivity index (χ3n) is 4.39. The van der Waals surface area contributed by atoms with Crippen molar-refractivity contribution in [2.24, 2.45) is 4.99 Å². The van der Waals surface area contributed by atoms with Crippen LogP contribution in [0.15, 0.2) is 41.9 Å². The first-order chi connectivity index (χ1) is 13.2. The van der Waals surface area contributed by atoms with E-state index in [0.717, 1.165) is 6.07 Å². The van der Waals surface area contributed by atoms with Crippen LogP contribution in [0, 0.1) is 0 Å². The van der Waals surface area contributed by atoms with Crippen molar-refractivity contribution in [2.45, 2.75) is 6.18 Å². The van der Waals surface area contributed by atoms with Crippen molar-refractivity contribution in [1.29, 1.82) is 0 Å². The molecule has 1 heterocycles. The lowest BCUT2D eigenvalue weighted by molar-refractivity contribution is -0.137. The fourth-order valence-electron chi connectivity index (χ4n) is 2.77. The number of aliphatic imine (C=N–C) groups is 1. The third-order valence-corrected chi connectivity index (χ3v) is 4.39. The van der Waals surface area contributed by atoms with Crippen LogP contribution >= 0.6 is 24.0 Å². The molecule has 0 bridgehead atoms. The average Bonchev–Trinajstić information content (AvgIpc) is 2.67. The lowest BCUT2D eigenvalue weighted by Gasteiger charge is -2.38. The standard InChI is InChI=1S/C19H26F3N5O.HI/c1-4-8-23-18(24-14-17(28)25(2)3)27-11-9-26(10-12-27)16-7-5-6-15(13-16)19(20,21)22;/h4-7,13H,1,8-12,14H2,2-3H3,(H,23,24);1H. The number of alkyl halides is 3. The molecule has 1 aliphatic heterocycles. The molecule has 1 N–H and O–H groups in total. The van der Waals surface area contributed by atoms with Gasteiger partial charge in [-0.25, -0.2) is 4.99 Å². The number of likely N-dealkylation sites (N-methyl/N-ethyl adjacent to an activating group) is 1. The first-order valence-corrected chi connectivity index (χ1v) is 8.99. The molecule has 0 aromatic heterocycles. The molecule has 1 aliphatic rings. The van der Waals surface area contributed by atoms with Gasteiger partial charge in [0.2, 0.25) is 5.91 Å². The summed E-state index contributed by atoms with van der Waals surface area (Å²) in [6.07, 6.45) is -2.66. The fraction of sp³-hybridized carbons (Fsp3) is 0.474. The monoisotopic (exact) mass is 525 g/mol. The average molecular weight is 525 g/mol. The zero-order valence-corrected chi connectivity index (χ0v) is 18.9. The number of piperazine rings is 1. The van der Waals surface area contributed by atoms with Gasteiger partial charge in [0.05, 0.1) is 5.56 Å². The topological polar surface area (TPSA) is 51.2 Å². The number of rotatable bonds is 5. The molecule has 0 atom stereocenters. The number of carbonyl (C=O) groups is 1. The van der Waals surface area contributed by atoms with E-state index in [0.29, 0.717) is 44.4 Å². The molecule has 0 saturated carbocycles. The zero-order chi connectivity index (χ0) is 20.7. The van der Waals surface area contributed by atoms with Gasteiger partial charge >= 0.3 is 6.18 Å². The van der Waals surface area contributed by atoms with Crippen molar-refractivity contribution in [1.82, 2.24) is 15.1 Å². The summed E-state index contributed by atoms with van der Waals surface area (Å²) in [6, 6.07) is 5.36. The van der Waals surface area contributed by atoms with E-state index >= 15 is 0 Å². The van der Waals surface area contributed by atoms with Crippen LogP contribution in [0.25, 0.3) is 0 Å². The summed E-state index contributed by atoms with van der Waals surface area (Å²) in [5.41, 5.74) is -0.0978. The van der Waals surface area contributed by atoms with Crippen molar-refractivity contribution in [3.63, 3.8) is 0 Å². The number of anilines is 1. The summed E-state index contributed by atoms with van der Waals surface area (Å²) in [5.74, 6) is 0.485. The minimum Gasteiger partial charge on any atom is -0.368 e. The van der Waals surface area contributed by atoms with Crippen LogP contribution in [0.2, 0.25) is 0 Å². The quantitative estimate of drug-likeness (QED) is 0.278. The van der Waals surface area contributed by atoms with Crippen molar-refractivity contribution >= 4 is 41.5 Å². The Balaban J connectivity index is 0.00000420. The van der Waals surface area contributed by atoms with Crippen molar-refractivity contribution < 1.29 is 18.0 Å². The number of amides is 1. The SMILES string of the molecule is C=CCNC(=NCC(=O)N(C)C)N1CCN(c2cccc(C(F)(F)F)c2)CC1.I. The maximum atomic E-state index is 12.9. The van der Waals surface area contributed by atoms with E-state index in [1.54, 1.807) is 26.2 Å². The Morgan fingerprint density at radius 3 is 2.48 bits per heavy atom. The Morgan fingerprint density at radius 1 is 1.28 bits per heavy atom. The number of hydrogen-bond donors (Lipinski definition) is 1. The predicted molar refractivity (Wildman–Crippen MR) is 120 cm³/mol. The molecule has 6 nitrogen and oxygen atoms in total. The molecule has 0 unspecified atom stereocenters. The maximum absolute atomic E-state index is 12.9. The molecule has 0 spiro atoms. The molecule has 1 saturated heterocycles. The summed E-state index contributed by atoms with van der Waals surface area (Å²) < 4.78 is 38.8. The highest BCUT2D eigenvalue weighted by Gasteiger charge is 2.31. The van der Waals surface area contributed by atoms with Gasteiger partial charge in [-0.1, -0.05) is 12.1 Å². The largest absolute Gasteiger partial charge is 0.416 e. The molecule has 1 amide bonds. The van der Waals surface area contributed by atoms with Gasteiger partial charge in [-0.15, -0.1) is 30.6 Å². The highest BCUT2D eigenvalue weighted by molar-refractivity contribution is 14.0. The van der Waals surface area contributed by atoms with E-state index in [2.05, 4.69) is 16.9 Å². The summed E-state index contributed by atoms with van der Waals surface area (Å²) >= 11 is 0. The summed E-state index contributed by atoms with van der Waals surface area (Å²) in [6.45, 7) is 6.46. The Labute approximate surface area is 186 Å². The fourth-order valence-corrected chi connectivity index (χ4v) is 2.77. The van der Waals surface area contributed by atoms with Crippen molar-refractivity contribution in [3.8, 4) is 0 Å². The number of halogens is 4.